The smallest absolute Gasteiger partial charge is 0.313 e. The number of H-pyrrole nitrogens is 1. The van der Waals surface area contributed by atoms with Crippen LogP contribution in [-0.2, 0) is 14.8 Å². The van der Waals surface area contributed by atoms with Crippen LogP contribution in [0.3, 0.4) is 0 Å². The maximum Gasteiger partial charge on any atom is 0.313 e. The Kier molecular flexibility index (Phi) is 5.82. The number of aliphatic carboxylic acids is 1. The molecular formula is C18H18N4O4S2. The molecule has 146 valence electrons. The number of thioether (sulfide) groups is 1. The van der Waals surface area contributed by atoms with Crippen molar-refractivity contribution in [2.24, 2.45) is 0 Å². The van der Waals surface area contributed by atoms with Crippen molar-refractivity contribution in [1.82, 2.24) is 19.9 Å². The lowest BCUT2D eigenvalue weighted by Crippen LogP contribution is -2.18. The third-order valence-corrected chi connectivity index (χ3v) is 6.16. The van der Waals surface area contributed by atoms with Crippen LogP contribution in [-0.4, -0.2) is 47.5 Å². The third kappa shape index (κ3) is 4.58. The Bertz CT molecular complexity index is 1130. The third-order valence-electron chi connectivity index (χ3n) is 3.90. The number of carboxylic acids is 1. The van der Waals surface area contributed by atoms with Gasteiger partial charge in [0.05, 0.1) is 10.6 Å². The van der Waals surface area contributed by atoms with Crippen LogP contribution >= 0.6 is 11.8 Å². The minimum atomic E-state index is -3.54. The molecule has 0 aliphatic carbocycles. The second-order valence-corrected chi connectivity index (χ2v) is 8.83. The summed E-state index contributed by atoms with van der Waals surface area (Å²) in [5.41, 5.74) is 3.32. The first-order valence-corrected chi connectivity index (χ1v) is 10.7. The molecule has 1 heterocycles. The number of hydrogen-bond donors (Lipinski definition) is 3. The zero-order valence-electron chi connectivity index (χ0n) is 15.1. The van der Waals surface area contributed by atoms with Gasteiger partial charge in [-0.2, -0.15) is 0 Å². The highest BCUT2D eigenvalue weighted by atomic mass is 32.2. The van der Waals surface area contributed by atoms with Gasteiger partial charge in [0.1, 0.15) is 0 Å². The molecule has 0 atom stereocenters. The number of nitrogens with one attached hydrogen (secondary N) is 2. The zero-order chi connectivity index (χ0) is 20.3. The summed E-state index contributed by atoms with van der Waals surface area (Å²) in [6.07, 6.45) is 0. The van der Waals surface area contributed by atoms with Gasteiger partial charge in [-0.15, -0.1) is 10.2 Å². The van der Waals surface area contributed by atoms with E-state index in [1.165, 1.54) is 13.1 Å². The van der Waals surface area contributed by atoms with E-state index in [0.29, 0.717) is 11.0 Å². The van der Waals surface area contributed by atoms with E-state index in [-0.39, 0.29) is 10.6 Å². The number of hydrogen-bond acceptors (Lipinski definition) is 6. The van der Waals surface area contributed by atoms with Crippen LogP contribution in [0.15, 0.2) is 52.5 Å². The van der Waals surface area contributed by atoms with Crippen LogP contribution in [0.25, 0.3) is 22.5 Å². The number of aromatic nitrogens is 3. The first kappa shape index (κ1) is 20.1. The molecule has 28 heavy (non-hydrogen) atoms. The van der Waals surface area contributed by atoms with Crippen molar-refractivity contribution in [3.63, 3.8) is 0 Å². The molecule has 3 N–H and O–H groups in total. The van der Waals surface area contributed by atoms with Crippen molar-refractivity contribution in [3.05, 3.63) is 48.0 Å². The molecular weight excluding hydrogens is 400 g/mol. The Morgan fingerprint density at radius 3 is 2.61 bits per heavy atom. The van der Waals surface area contributed by atoms with Crippen molar-refractivity contribution < 1.29 is 18.3 Å². The lowest BCUT2D eigenvalue weighted by molar-refractivity contribution is -0.133. The van der Waals surface area contributed by atoms with Crippen LogP contribution in [0.2, 0.25) is 0 Å². The van der Waals surface area contributed by atoms with Gasteiger partial charge in [-0.25, -0.2) is 13.1 Å². The van der Waals surface area contributed by atoms with Crippen LogP contribution < -0.4 is 4.72 Å². The average Bonchev–Trinajstić information content (AvgIpc) is 3.15. The van der Waals surface area contributed by atoms with Crippen molar-refractivity contribution in [3.8, 4) is 22.5 Å². The molecule has 0 saturated heterocycles. The van der Waals surface area contributed by atoms with E-state index in [4.69, 9.17) is 5.11 Å². The van der Waals surface area contributed by atoms with Gasteiger partial charge in [-0.1, -0.05) is 30.0 Å². The molecule has 0 radical (unpaired) electrons. The van der Waals surface area contributed by atoms with Crippen LogP contribution in [0.4, 0.5) is 0 Å². The number of aromatic amines is 1. The Morgan fingerprint density at radius 1 is 1.14 bits per heavy atom. The lowest BCUT2D eigenvalue weighted by atomic mass is 10.00. The molecule has 3 aromatic rings. The predicted octanol–water partition coefficient (Wildman–Crippen LogP) is 2.53. The second-order valence-electron chi connectivity index (χ2n) is 5.98. The van der Waals surface area contributed by atoms with E-state index in [1.807, 2.05) is 31.2 Å². The maximum absolute atomic E-state index is 12.1. The van der Waals surface area contributed by atoms with E-state index in [9.17, 15) is 13.2 Å². The minimum Gasteiger partial charge on any atom is -0.481 e. The van der Waals surface area contributed by atoms with Gasteiger partial charge in [0.2, 0.25) is 10.0 Å². The first-order valence-electron chi connectivity index (χ1n) is 8.22. The molecule has 0 bridgehead atoms. The summed E-state index contributed by atoms with van der Waals surface area (Å²) >= 11 is 1.05. The van der Waals surface area contributed by atoms with E-state index in [0.717, 1.165) is 34.0 Å². The van der Waals surface area contributed by atoms with Gasteiger partial charge in [0.25, 0.3) is 0 Å². The molecule has 2 aromatic carbocycles. The number of sulfonamides is 1. The predicted molar refractivity (Wildman–Crippen MR) is 107 cm³/mol. The number of benzene rings is 2. The van der Waals surface area contributed by atoms with E-state index in [1.54, 1.807) is 12.1 Å². The highest BCUT2D eigenvalue weighted by Gasteiger charge is 2.14. The topological polar surface area (TPSA) is 125 Å². The summed E-state index contributed by atoms with van der Waals surface area (Å²) in [5.74, 6) is -0.533. The first-order chi connectivity index (χ1) is 13.3. The SMILES string of the molecule is CNS(=O)(=O)c1cccc(-c2cc(C)cc(-c3nnc(SCC(=O)O)[nH]3)c2)c1. The standard InChI is InChI=1S/C18H18N4O4S2/c1-11-6-13(12-4-3-5-15(9-12)28(25,26)19-2)8-14(7-11)17-20-18(22-21-17)27-10-16(23)24/h3-9,19H,10H2,1-2H3,(H,23,24)(H,20,21,22). The maximum atomic E-state index is 12.1. The monoisotopic (exact) mass is 418 g/mol. The number of carbonyl (C=O) groups is 1. The van der Waals surface area contributed by atoms with Gasteiger partial charge >= 0.3 is 5.97 Å². The Labute approximate surface area is 166 Å². The molecule has 8 nitrogen and oxygen atoms in total. The molecule has 0 unspecified atom stereocenters. The lowest BCUT2D eigenvalue weighted by Gasteiger charge is -2.09. The fraction of sp³-hybridized carbons (Fsp3) is 0.167. The quantitative estimate of drug-likeness (QED) is 0.504. The summed E-state index contributed by atoms with van der Waals surface area (Å²) in [6.45, 7) is 1.93. The van der Waals surface area contributed by atoms with Gasteiger partial charge in [-0.3, -0.25) is 4.79 Å². The van der Waals surface area contributed by atoms with Gasteiger partial charge in [0, 0.05) is 5.56 Å². The van der Waals surface area contributed by atoms with Gasteiger partial charge in [-0.05, 0) is 54.9 Å². The number of nitrogens with zero attached hydrogens (tertiary/aromatic N) is 2. The van der Waals surface area contributed by atoms with E-state index in [2.05, 4.69) is 19.9 Å². The van der Waals surface area contributed by atoms with Crippen molar-refractivity contribution in [2.45, 2.75) is 17.0 Å². The molecule has 0 fully saturated rings. The fourth-order valence-electron chi connectivity index (χ4n) is 2.62. The number of aryl methyl sites for hydroxylation is 1. The summed E-state index contributed by atoms with van der Waals surface area (Å²) in [6, 6.07) is 12.4. The molecule has 0 saturated carbocycles. The molecule has 0 aliphatic heterocycles. The zero-order valence-corrected chi connectivity index (χ0v) is 16.8. The molecule has 3 rings (SSSR count). The molecule has 0 aliphatic rings. The Balaban J connectivity index is 1.97. The largest absolute Gasteiger partial charge is 0.481 e. The Hall–Kier alpha value is -2.69. The minimum absolute atomic E-state index is 0.111. The highest BCUT2D eigenvalue weighted by molar-refractivity contribution is 7.99. The van der Waals surface area contributed by atoms with Crippen LogP contribution in [0, 0.1) is 6.92 Å². The summed E-state index contributed by atoms with van der Waals surface area (Å²) in [5, 5.41) is 17.2. The van der Waals surface area contributed by atoms with Crippen molar-refractivity contribution in [2.75, 3.05) is 12.8 Å². The number of rotatable bonds is 7. The normalized spacial score (nSPS) is 11.5. The van der Waals surface area contributed by atoms with E-state index < -0.39 is 16.0 Å². The van der Waals surface area contributed by atoms with Crippen LogP contribution in [0.1, 0.15) is 5.56 Å². The average molecular weight is 419 g/mol. The highest BCUT2D eigenvalue weighted by Crippen LogP contribution is 2.28. The fourth-order valence-corrected chi connectivity index (χ4v) is 3.92. The molecule has 0 spiro atoms. The molecule has 1 aromatic heterocycles. The van der Waals surface area contributed by atoms with Gasteiger partial charge in [0.15, 0.2) is 11.0 Å². The van der Waals surface area contributed by atoms with Gasteiger partial charge < -0.3 is 10.1 Å². The molecule has 10 heteroatoms. The molecule has 0 amide bonds. The van der Waals surface area contributed by atoms with E-state index >= 15 is 0 Å². The summed E-state index contributed by atoms with van der Waals surface area (Å²) in [4.78, 5) is 13.9. The van der Waals surface area contributed by atoms with Crippen molar-refractivity contribution >= 4 is 27.8 Å². The Morgan fingerprint density at radius 2 is 1.89 bits per heavy atom. The second kappa shape index (κ2) is 8.13. The van der Waals surface area contributed by atoms with Crippen molar-refractivity contribution in [1.29, 1.82) is 0 Å². The van der Waals surface area contributed by atoms with Crippen LogP contribution in [0.5, 0.6) is 0 Å². The number of carboxylic acid groups (broad SMARTS) is 1. The summed E-state index contributed by atoms with van der Waals surface area (Å²) in [7, 11) is -2.17. The summed E-state index contributed by atoms with van der Waals surface area (Å²) < 4.78 is 26.5.